The molecular formula is C19H25N3O4. The molecule has 2 N–H and O–H groups in total. The number of amides is 1. The van der Waals surface area contributed by atoms with E-state index in [2.05, 4.69) is 10.5 Å². The zero-order valence-electron chi connectivity index (χ0n) is 15.5. The van der Waals surface area contributed by atoms with Crippen LogP contribution in [0.3, 0.4) is 0 Å². The molecule has 1 saturated carbocycles. The number of aromatic nitrogens is 2. The molecule has 2 aromatic heterocycles. The van der Waals surface area contributed by atoms with Crippen LogP contribution in [0.4, 0.5) is 0 Å². The zero-order valence-corrected chi connectivity index (χ0v) is 15.5. The molecular weight excluding hydrogens is 334 g/mol. The molecule has 1 aliphatic rings. The first kappa shape index (κ1) is 18.2. The number of aliphatic carboxylic acids is 1. The summed E-state index contributed by atoms with van der Waals surface area (Å²) in [4.78, 5) is 24.9. The number of rotatable bonds is 4. The lowest BCUT2D eigenvalue weighted by molar-refractivity contribution is -0.145. The van der Waals surface area contributed by atoms with Crippen molar-refractivity contribution in [2.75, 3.05) is 0 Å². The molecule has 0 atom stereocenters. The smallest absolute Gasteiger partial charge is 0.329 e. The molecule has 7 nitrogen and oxygen atoms in total. The second kappa shape index (κ2) is 6.97. The maximum Gasteiger partial charge on any atom is 0.329 e. The van der Waals surface area contributed by atoms with Gasteiger partial charge in [0.2, 0.25) is 0 Å². The largest absolute Gasteiger partial charge is 0.480 e. The van der Waals surface area contributed by atoms with E-state index in [1.54, 1.807) is 19.1 Å². The highest BCUT2D eigenvalue weighted by Crippen LogP contribution is 2.29. The normalized spacial score (nSPS) is 16.9. The first-order valence-electron chi connectivity index (χ1n) is 9.02. The van der Waals surface area contributed by atoms with Gasteiger partial charge in [0, 0.05) is 17.5 Å². The fourth-order valence-corrected chi connectivity index (χ4v) is 3.81. The van der Waals surface area contributed by atoms with Crippen molar-refractivity contribution in [1.29, 1.82) is 0 Å². The third kappa shape index (κ3) is 3.25. The van der Waals surface area contributed by atoms with Gasteiger partial charge in [-0.1, -0.05) is 30.8 Å². The average molecular weight is 359 g/mol. The Labute approximate surface area is 152 Å². The number of hydrogen-bond acceptors (Lipinski definition) is 4. The summed E-state index contributed by atoms with van der Waals surface area (Å²) in [7, 11) is 0. The lowest BCUT2D eigenvalue weighted by Crippen LogP contribution is -2.54. The SMILES string of the molecule is Cc1cc(-n2c(C)cc(C(=O)NC3(C(=O)O)CCCCCC3)c2C)no1. The van der Waals surface area contributed by atoms with Gasteiger partial charge in [0.15, 0.2) is 5.82 Å². The fourth-order valence-electron chi connectivity index (χ4n) is 3.81. The Bertz CT molecular complexity index is 826. The number of carbonyl (C=O) groups excluding carboxylic acids is 1. The standard InChI is InChI=1S/C19H25N3O4/c1-12-10-15(14(3)22(12)16-11-13(2)26-21-16)17(23)20-19(18(24)25)8-6-4-5-7-9-19/h10-11H,4-9H2,1-3H3,(H,20,23)(H,24,25). The zero-order chi connectivity index (χ0) is 18.9. The van der Waals surface area contributed by atoms with Crippen LogP contribution < -0.4 is 5.32 Å². The minimum absolute atomic E-state index is 0.353. The quantitative estimate of drug-likeness (QED) is 0.816. The van der Waals surface area contributed by atoms with Crippen LogP contribution in [0.5, 0.6) is 0 Å². The molecule has 2 heterocycles. The molecule has 1 fully saturated rings. The molecule has 0 spiro atoms. The highest BCUT2D eigenvalue weighted by atomic mass is 16.5. The van der Waals surface area contributed by atoms with E-state index in [1.165, 1.54) is 0 Å². The van der Waals surface area contributed by atoms with Crippen molar-refractivity contribution in [3.63, 3.8) is 0 Å². The van der Waals surface area contributed by atoms with Crippen molar-refractivity contribution in [2.24, 2.45) is 0 Å². The lowest BCUT2D eigenvalue weighted by Gasteiger charge is -2.29. The number of hydrogen-bond donors (Lipinski definition) is 2. The van der Waals surface area contributed by atoms with Gasteiger partial charge in [-0.05, 0) is 39.7 Å². The van der Waals surface area contributed by atoms with Crippen LogP contribution in [0.15, 0.2) is 16.7 Å². The number of aryl methyl sites for hydroxylation is 2. The molecule has 26 heavy (non-hydrogen) atoms. The number of carbonyl (C=O) groups is 2. The summed E-state index contributed by atoms with van der Waals surface area (Å²) in [5.41, 5.74) is 0.835. The van der Waals surface area contributed by atoms with Crippen molar-refractivity contribution >= 4 is 11.9 Å². The van der Waals surface area contributed by atoms with Crippen molar-refractivity contribution in [3.8, 4) is 5.82 Å². The van der Waals surface area contributed by atoms with Gasteiger partial charge in [-0.3, -0.25) is 9.36 Å². The van der Waals surface area contributed by atoms with Gasteiger partial charge in [0.25, 0.3) is 5.91 Å². The minimum Gasteiger partial charge on any atom is -0.480 e. The van der Waals surface area contributed by atoms with Crippen LogP contribution in [-0.2, 0) is 4.79 Å². The van der Waals surface area contributed by atoms with Gasteiger partial charge < -0.3 is 14.9 Å². The van der Waals surface area contributed by atoms with Gasteiger partial charge >= 0.3 is 5.97 Å². The Morgan fingerprint density at radius 3 is 2.35 bits per heavy atom. The lowest BCUT2D eigenvalue weighted by atomic mass is 9.90. The van der Waals surface area contributed by atoms with E-state index in [-0.39, 0.29) is 5.91 Å². The monoisotopic (exact) mass is 359 g/mol. The molecule has 1 amide bonds. The van der Waals surface area contributed by atoms with E-state index in [9.17, 15) is 14.7 Å². The summed E-state index contributed by atoms with van der Waals surface area (Å²) in [6.45, 7) is 5.51. The van der Waals surface area contributed by atoms with E-state index in [1.807, 2.05) is 18.4 Å². The maximum atomic E-state index is 12.9. The molecule has 3 rings (SSSR count). The summed E-state index contributed by atoms with van der Waals surface area (Å²) in [5.74, 6) is -0.0108. The first-order chi connectivity index (χ1) is 12.3. The van der Waals surface area contributed by atoms with Crippen molar-refractivity contribution < 1.29 is 19.2 Å². The van der Waals surface area contributed by atoms with Crippen LogP contribution in [0, 0.1) is 20.8 Å². The van der Waals surface area contributed by atoms with E-state index in [0.29, 0.717) is 35.7 Å². The number of carboxylic acids is 1. The Balaban J connectivity index is 1.91. The summed E-state index contributed by atoms with van der Waals surface area (Å²) in [6.07, 6.45) is 4.56. The predicted molar refractivity (Wildman–Crippen MR) is 95.6 cm³/mol. The topological polar surface area (TPSA) is 97.4 Å². The molecule has 0 saturated heterocycles. The van der Waals surface area contributed by atoms with Gasteiger partial charge in [0.05, 0.1) is 5.56 Å². The number of nitrogens with zero attached hydrogens (tertiary/aromatic N) is 2. The molecule has 1 aliphatic carbocycles. The molecule has 7 heteroatoms. The average Bonchev–Trinajstić information content (AvgIpc) is 3.02. The predicted octanol–water partition coefficient (Wildman–Crippen LogP) is 3.30. The highest BCUT2D eigenvalue weighted by Gasteiger charge is 2.40. The summed E-state index contributed by atoms with van der Waals surface area (Å²) >= 11 is 0. The summed E-state index contributed by atoms with van der Waals surface area (Å²) in [5, 5.41) is 16.6. The Morgan fingerprint density at radius 1 is 1.15 bits per heavy atom. The molecule has 0 unspecified atom stereocenters. The molecule has 0 aliphatic heterocycles. The van der Waals surface area contributed by atoms with E-state index in [4.69, 9.17) is 4.52 Å². The maximum absolute atomic E-state index is 12.9. The van der Waals surface area contributed by atoms with Gasteiger partial charge in [-0.25, -0.2) is 4.79 Å². The fraction of sp³-hybridized carbons (Fsp3) is 0.526. The molecule has 0 aromatic carbocycles. The van der Waals surface area contributed by atoms with Crippen LogP contribution in [0.25, 0.3) is 5.82 Å². The molecule has 140 valence electrons. The minimum atomic E-state index is -1.18. The second-order valence-electron chi connectivity index (χ2n) is 7.17. The van der Waals surface area contributed by atoms with Gasteiger partial charge in [0.1, 0.15) is 11.3 Å². The van der Waals surface area contributed by atoms with Crippen LogP contribution >= 0.6 is 0 Å². The number of nitrogens with one attached hydrogen (secondary N) is 1. The molecule has 0 bridgehead atoms. The first-order valence-corrected chi connectivity index (χ1v) is 9.02. The molecule has 0 radical (unpaired) electrons. The van der Waals surface area contributed by atoms with Crippen LogP contribution in [0.2, 0.25) is 0 Å². The number of carboxylic acid groups (broad SMARTS) is 1. The summed E-state index contributed by atoms with van der Waals surface area (Å²) in [6, 6.07) is 3.56. The van der Waals surface area contributed by atoms with Gasteiger partial charge in [-0.2, -0.15) is 0 Å². The molecule has 2 aromatic rings. The Morgan fingerprint density at radius 2 is 1.81 bits per heavy atom. The van der Waals surface area contributed by atoms with Gasteiger partial charge in [-0.15, -0.1) is 0 Å². The van der Waals surface area contributed by atoms with Crippen LogP contribution in [-0.4, -0.2) is 32.2 Å². The highest BCUT2D eigenvalue weighted by molar-refractivity contribution is 5.99. The Kier molecular flexibility index (Phi) is 4.89. The second-order valence-corrected chi connectivity index (χ2v) is 7.17. The Hall–Kier alpha value is -2.57. The van der Waals surface area contributed by atoms with Crippen LogP contribution in [0.1, 0.15) is 66.0 Å². The van der Waals surface area contributed by atoms with Crippen molar-refractivity contribution in [1.82, 2.24) is 15.0 Å². The third-order valence-electron chi connectivity index (χ3n) is 5.24. The van der Waals surface area contributed by atoms with E-state index < -0.39 is 11.5 Å². The third-order valence-corrected chi connectivity index (χ3v) is 5.24. The van der Waals surface area contributed by atoms with Crippen molar-refractivity contribution in [3.05, 3.63) is 34.8 Å². The summed E-state index contributed by atoms with van der Waals surface area (Å²) < 4.78 is 6.97. The van der Waals surface area contributed by atoms with E-state index in [0.717, 1.165) is 31.4 Å². The van der Waals surface area contributed by atoms with Crippen molar-refractivity contribution in [2.45, 2.75) is 64.8 Å². The van der Waals surface area contributed by atoms with E-state index >= 15 is 0 Å².